The van der Waals surface area contributed by atoms with Gasteiger partial charge < -0.3 is 10.1 Å². The lowest BCUT2D eigenvalue weighted by Crippen LogP contribution is -2.46. The van der Waals surface area contributed by atoms with Crippen LogP contribution in [-0.4, -0.2) is 48.8 Å². The molecule has 2 rings (SSSR count). The normalized spacial score (nSPS) is 21.1. The van der Waals surface area contributed by atoms with Crippen molar-refractivity contribution < 1.29 is 4.74 Å². The van der Waals surface area contributed by atoms with E-state index in [4.69, 9.17) is 4.74 Å². The minimum Gasteiger partial charge on any atom is -0.374 e. The molecule has 0 bridgehead atoms. The van der Waals surface area contributed by atoms with Crippen molar-refractivity contribution in [2.75, 3.05) is 32.8 Å². The number of ether oxygens (including phenoxy) is 1. The second-order valence-electron chi connectivity index (χ2n) is 4.76. The van der Waals surface area contributed by atoms with Gasteiger partial charge in [-0.05, 0) is 25.1 Å². The predicted molar refractivity (Wildman–Crippen MR) is 72.5 cm³/mol. The fourth-order valence-electron chi connectivity index (χ4n) is 2.26. The third-order valence-corrected chi connectivity index (χ3v) is 3.47. The Balaban J connectivity index is 1.73. The van der Waals surface area contributed by atoms with Gasteiger partial charge in [0, 0.05) is 38.1 Å². The zero-order valence-corrected chi connectivity index (χ0v) is 11.4. The van der Waals surface area contributed by atoms with Gasteiger partial charge in [0.15, 0.2) is 0 Å². The molecule has 1 saturated heterocycles. The van der Waals surface area contributed by atoms with E-state index in [0.717, 1.165) is 45.0 Å². The Bertz CT molecular complexity index is 370. The van der Waals surface area contributed by atoms with Crippen LogP contribution in [0.5, 0.6) is 0 Å². The van der Waals surface area contributed by atoms with Crippen LogP contribution in [0.4, 0.5) is 0 Å². The Morgan fingerprint density at radius 1 is 1.56 bits per heavy atom. The van der Waals surface area contributed by atoms with Gasteiger partial charge in [-0.15, -0.1) is 0 Å². The Kier molecular flexibility index (Phi) is 5.11. The van der Waals surface area contributed by atoms with Crippen LogP contribution >= 0.6 is 0 Å². The van der Waals surface area contributed by atoms with Gasteiger partial charge in [0.2, 0.25) is 0 Å². The van der Waals surface area contributed by atoms with Gasteiger partial charge in [0.25, 0.3) is 0 Å². The molecule has 0 unspecified atom stereocenters. The highest BCUT2D eigenvalue weighted by Crippen LogP contribution is 2.05. The first-order valence-corrected chi connectivity index (χ1v) is 6.74. The average Bonchev–Trinajstić information content (AvgIpc) is 2.41. The number of aromatic nitrogens is 1. The number of aryl methyl sites for hydroxylation is 1. The molecule has 1 fully saturated rings. The summed E-state index contributed by atoms with van der Waals surface area (Å²) in [6.45, 7) is 10.1. The van der Waals surface area contributed by atoms with E-state index in [1.807, 2.05) is 19.2 Å². The lowest BCUT2D eigenvalue weighted by molar-refractivity contribution is -0.0253. The van der Waals surface area contributed by atoms with Crippen LogP contribution in [0.3, 0.4) is 0 Å². The van der Waals surface area contributed by atoms with Crippen LogP contribution in [0.2, 0.25) is 0 Å². The van der Waals surface area contributed by atoms with Gasteiger partial charge in [-0.25, -0.2) is 0 Å². The van der Waals surface area contributed by atoms with Crippen LogP contribution in [0, 0.1) is 6.92 Å². The molecule has 0 aliphatic carbocycles. The molecule has 0 radical (unpaired) electrons. The monoisotopic (exact) mass is 249 g/mol. The van der Waals surface area contributed by atoms with E-state index >= 15 is 0 Å². The molecule has 4 heteroatoms. The van der Waals surface area contributed by atoms with Crippen LogP contribution in [0.15, 0.2) is 18.3 Å². The van der Waals surface area contributed by atoms with Crippen molar-refractivity contribution in [2.24, 2.45) is 0 Å². The molecule has 1 aromatic heterocycles. The van der Waals surface area contributed by atoms with E-state index in [1.54, 1.807) is 0 Å². The second kappa shape index (κ2) is 6.83. The SMILES string of the molecule is CCN1CCO[C@@H](CNCc2cccnc2C)C1. The summed E-state index contributed by atoms with van der Waals surface area (Å²) in [5.41, 5.74) is 2.37. The van der Waals surface area contributed by atoms with Crippen LogP contribution in [0.25, 0.3) is 0 Å². The number of nitrogens with one attached hydrogen (secondary N) is 1. The molecule has 2 heterocycles. The van der Waals surface area contributed by atoms with Crippen molar-refractivity contribution in [1.82, 2.24) is 15.2 Å². The maximum Gasteiger partial charge on any atom is 0.0826 e. The van der Waals surface area contributed by atoms with Crippen LogP contribution < -0.4 is 5.32 Å². The van der Waals surface area contributed by atoms with Gasteiger partial charge in [-0.1, -0.05) is 13.0 Å². The molecular weight excluding hydrogens is 226 g/mol. The third-order valence-electron chi connectivity index (χ3n) is 3.47. The third kappa shape index (κ3) is 3.77. The van der Waals surface area contributed by atoms with Crippen molar-refractivity contribution in [3.05, 3.63) is 29.6 Å². The topological polar surface area (TPSA) is 37.4 Å². The first-order chi connectivity index (χ1) is 8.79. The molecule has 1 aliphatic rings. The van der Waals surface area contributed by atoms with Crippen molar-refractivity contribution in [1.29, 1.82) is 0 Å². The molecule has 0 saturated carbocycles. The zero-order chi connectivity index (χ0) is 12.8. The Morgan fingerprint density at radius 3 is 3.22 bits per heavy atom. The molecule has 0 spiro atoms. The fraction of sp³-hybridized carbons (Fsp3) is 0.643. The van der Waals surface area contributed by atoms with E-state index in [1.165, 1.54) is 5.56 Å². The van der Waals surface area contributed by atoms with Crippen molar-refractivity contribution >= 4 is 0 Å². The van der Waals surface area contributed by atoms with Crippen molar-refractivity contribution in [3.8, 4) is 0 Å². The Hall–Kier alpha value is -0.970. The highest BCUT2D eigenvalue weighted by Gasteiger charge is 2.18. The molecule has 0 amide bonds. The number of hydrogen-bond acceptors (Lipinski definition) is 4. The zero-order valence-electron chi connectivity index (χ0n) is 11.4. The number of rotatable bonds is 5. The number of likely N-dealkylation sites (N-methyl/N-ethyl adjacent to an activating group) is 1. The second-order valence-corrected chi connectivity index (χ2v) is 4.76. The van der Waals surface area contributed by atoms with Crippen molar-refractivity contribution in [3.63, 3.8) is 0 Å². The number of morpholine rings is 1. The fourth-order valence-corrected chi connectivity index (χ4v) is 2.26. The average molecular weight is 249 g/mol. The molecule has 1 aliphatic heterocycles. The minimum absolute atomic E-state index is 0.315. The largest absolute Gasteiger partial charge is 0.374 e. The van der Waals surface area contributed by atoms with Gasteiger partial charge in [-0.2, -0.15) is 0 Å². The van der Waals surface area contributed by atoms with Gasteiger partial charge >= 0.3 is 0 Å². The molecule has 100 valence electrons. The first kappa shape index (κ1) is 13.5. The highest BCUT2D eigenvalue weighted by atomic mass is 16.5. The smallest absolute Gasteiger partial charge is 0.0826 e. The molecule has 4 nitrogen and oxygen atoms in total. The standard InChI is InChI=1S/C14H23N3O/c1-3-17-7-8-18-14(11-17)10-15-9-13-5-4-6-16-12(13)2/h4-6,14-15H,3,7-11H2,1-2H3/t14-/m0/s1. The molecule has 1 atom stereocenters. The quantitative estimate of drug-likeness (QED) is 0.851. The van der Waals surface area contributed by atoms with E-state index in [0.29, 0.717) is 6.10 Å². The summed E-state index contributed by atoms with van der Waals surface area (Å²) >= 11 is 0. The van der Waals surface area contributed by atoms with Crippen LogP contribution in [0.1, 0.15) is 18.2 Å². The Morgan fingerprint density at radius 2 is 2.44 bits per heavy atom. The first-order valence-electron chi connectivity index (χ1n) is 6.74. The summed E-state index contributed by atoms with van der Waals surface area (Å²) in [4.78, 5) is 6.73. The van der Waals surface area contributed by atoms with Gasteiger partial charge in [0.1, 0.15) is 0 Å². The van der Waals surface area contributed by atoms with Gasteiger partial charge in [-0.3, -0.25) is 9.88 Å². The molecule has 18 heavy (non-hydrogen) atoms. The van der Waals surface area contributed by atoms with E-state index in [9.17, 15) is 0 Å². The maximum absolute atomic E-state index is 5.76. The molecule has 1 N–H and O–H groups in total. The summed E-state index contributed by atoms with van der Waals surface area (Å²) in [6, 6.07) is 4.11. The summed E-state index contributed by atoms with van der Waals surface area (Å²) in [6.07, 6.45) is 2.15. The summed E-state index contributed by atoms with van der Waals surface area (Å²) in [5.74, 6) is 0. The minimum atomic E-state index is 0.315. The van der Waals surface area contributed by atoms with E-state index < -0.39 is 0 Å². The number of hydrogen-bond donors (Lipinski definition) is 1. The van der Waals surface area contributed by atoms with Crippen LogP contribution in [-0.2, 0) is 11.3 Å². The summed E-state index contributed by atoms with van der Waals surface area (Å²) < 4.78 is 5.76. The predicted octanol–water partition coefficient (Wildman–Crippen LogP) is 1.20. The molecular formula is C14H23N3O. The summed E-state index contributed by atoms with van der Waals surface area (Å²) in [5, 5.41) is 3.47. The van der Waals surface area contributed by atoms with E-state index in [-0.39, 0.29) is 0 Å². The maximum atomic E-state index is 5.76. The lowest BCUT2D eigenvalue weighted by Gasteiger charge is -2.32. The van der Waals surface area contributed by atoms with E-state index in [2.05, 4.69) is 28.2 Å². The molecule has 1 aromatic rings. The highest BCUT2D eigenvalue weighted by molar-refractivity contribution is 5.17. The number of pyridine rings is 1. The Labute approximate surface area is 109 Å². The summed E-state index contributed by atoms with van der Waals surface area (Å²) in [7, 11) is 0. The van der Waals surface area contributed by atoms with Gasteiger partial charge in [0.05, 0.1) is 12.7 Å². The number of nitrogens with zero attached hydrogens (tertiary/aromatic N) is 2. The lowest BCUT2D eigenvalue weighted by atomic mass is 10.2. The van der Waals surface area contributed by atoms with Crippen molar-refractivity contribution in [2.45, 2.75) is 26.5 Å². The molecule has 0 aromatic carbocycles.